The molecule has 3 rings (SSSR count). The highest BCUT2D eigenvalue weighted by Crippen LogP contribution is 2.17. The van der Waals surface area contributed by atoms with Crippen molar-refractivity contribution in [3.05, 3.63) is 48.5 Å². The summed E-state index contributed by atoms with van der Waals surface area (Å²) in [5.41, 5.74) is 0.882. The lowest BCUT2D eigenvalue weighted by Gasteiger charge is -2.23. The molecule has 2 amide bonds. The van der Waals surface area contributed by atoms with Crippen LogP contribution in [-0.2, 0) is 41.7 Å². The Balaban J connectivity index is 1.62. The molecule has 0 aliphatic rings. The molecule has 2 N–H and O–H groups in total. The minimum absolute atomic E-state index is 0.0381. The first-order chi connectivity index (χ1) is 19.6. The van der Waals surface area contributed by atoms with Gasteiger partial charge in [-0.3, -0.25) is 14.4 Å². The molecule has 0 aliphatic carbocycles. The predicted octanol–water partition coefficient (Wildman–Crippen LogP) is 1.90. The molecule has 1 aromatic carbocycles. The Morgan fingerprint density at radius 1 is 1.00 bits per heavy atom. The van der Waals surface area contributed by atoms with Crippen molar-refractivity contribution in [2.75, 3.05) is 38.1 Å². The van der Waals surface area contributed by atoms with Crippen LogP contribution in [0.15, 0.2) is 43.0 Å². The normalized spacial score (nSPS) is 11.0. The number of nitrogens with one attached hydrogen (secondary N) is 2. The van der Waals surface area contributed by atoms with Crippen LogP contribution < -0.4 is 10.6 Å². The quantitative estimate of drug-likeness (QED) is 0.228. The highest BCUT2D eigenvalue weighted by molar-refractivity contribution is 5.87. The zero-order chi connectivity index (χ0) is 29.8. The standard InChI is InChI=1S/C27H35N7O7/c1-5-39-22(37)15-33(12-11-28-26(38)41-27(2,3)4)20(35)14-34-18-32-23-24(30-17-31-25(23)34)29-13-21(36)40-16-19-9-7-6-8-10-19/h6-10,17-18H,5,11-16H2,1-4H3,(H,28,38)(H,29,30,31). The molecule has 2 aromatic heterocycles. The number of ether oxygens (including phenoxy) is 3. The van der Waals surface area contributed by atoms with Crippen molar-refractivity contribution in [2.24, 2.45) is 0 Å². The Morgan fingerprint density at radius 3 is 2.46 bits per heavy atom. The lowest BCUT2D eigenvalue weighted by atomic mass is 10.2. The van der Waals surface area contributed by atoms with E-state index in [1.807, 2.05) is 30.3 Å². The fourth-order valence-electron chi connectivity index (χ4n) is 3.58. The van der Waals surface area contributed by atoms with E-state index >= 15 is 0 Å². The van der Waals surface area contributed by atoms with Crippen LogP contribution >= 0.6 is 0 Å². The van der Waals surface area contributed by atoms with Crippen molar-refractivity contribution in [1.82, 2.24) is 29.7 Å². The predicted molar refractivity (Wildman–Crippen MR) is 148 cm³/mol. The van der Waals surface area contributed by atoms with Crippen molar-refractivity contribution in [3.8, 4) is 0 Å². The molecule has 0 atom stereocenters. The van der Waals surface area contributed by atoms with Crippen LogP contribution in [0.4, 0.5) is 10.6 Å². The maximum atomic E-state index is 13.2. The number of carbonyl (C=O) groups excluding carboxylic acids is 4. The van der Waals surface area contributed by atoms with Crippen molar-refractivity contribution < 1.29 is 33.4 Å². The van der Waals surface area contributed by atoms with Crippen LogP contribution in [0.3, 0.4) is 0 Å². The van der Waals surface area contributed by atoms with Crippen LogP contribution in [0.25, 0.3) is 11.2 Å². The zero-order valence-electron chi connectivity index (χ0n) is 23.6. The third-order valence-corrected chi connectivity index (χ3v) is 5.38. The number of imidazole rings is 1. The molecule has 0 unspecified atom stereocenters. The Labute approximate surface area is 237 Å². The third-order valence-electron chi connectivity index (χ3n) is 5.38. The maximum absolute atomic E-state index is 13.2. The molecule has 2 heterocycles. The molecule has 0 saturated heterocycles. The van der Waals surface area contributed by atoms with Crippen molar-refractivity contribution in [1.29, 1.82) is 0 Å². The van der Waals surface area contributed by atoms with E-state index in [1.165, 1.54) is 22.1 Å². The van der Waals surface area contributed by atoms with Crippen LogP contribution in [0, 0.1) is 0 Å². The molecule has 3 aromatic rings. The number of nitrogens with zero attached hydrogens (tertiary/aromatic N) is 5. The van der Waals surface area contributed by atoms with Gasteiger partial charge in [0.05, 0.1) is 12.9 Å². The Hall–Kier alpha value is -4.75. The largest absolute Gasteiger partial charge is 0.465 e. The van der Waals surface area contributed by atoms with Gasteiger partial charge in [-0.15, -0.1) is 0 Å². The SMILES string of the molecule is CCOC(=O)CN(CCNC(=O)OC(C)(C)C)C(=O)Cn1cnc2c(NCC(=O)OCc3ccccc3)ncnc21. The summed E-state index contributed by atoms with van der Waals surface area (Å²) in [5.74, 6) is -1.20. The van der Waals surface area contributed by atoms with Gasteiger partial charge in [0, 0.05) is 13.1 Å². The molecule has 0 bridgehead atoms. The van der Waals surface area contributed by atoms with Crippen molar-refractivity contribution in [2.45, 2.75) is 46.4 Å². The minimum Gasteiger partial charge on any atom is -0.465 e. The first-order valence-electron chi connectivity index (χ1n) is 13.0. The Kier molecular flexibility index (Phi) is 11.0. The molecular formula is C27H35N7O7. The Bertz CT molecular complexity index is 1340. The number of esters is 2. The van der Waals surface area contributed by atoms with E-state index in [9.17, 15) is 19.2 Å². The van der Waals surface area contributed by atoms with E-state index in [4.69, 9.17) is 14.2 Å². The van der Waals surface area contributed by atoms with Gasteiger partial charge in [-0.05, 0) is 33.3 Å². The number of carbonyl (C=O) groups is 4. The van der Waals surface area contributed by atoms with Gasteiger partial charge in [-0.25, -0.2) is 19.7 Å². The van der Waals surface area contributed by atoms with Gasteiger partial charge >= 0.3 is 18.0 Å². The monoisotopic (exact) mass is 569 g/mol. The highest BCUT2D eigenvalue weighted by Gasteiger charge is 2.22. The minimum atomic E-state index is -0.676. The summed E-state index contributed by atoms with van der Waals surface area (Å²) in [7, 11) is 0. The van der Waals surface area contributed by atoms with Crippen LogP contribution in [0.2, 0.25) is 0 Å². The number of hydrogen-bond donors (Lipinski definition) is 2. The Morgan fingerprint density at radius 2 is 1.76 bits per heavy atom. The fraction of sp³-hybridized carbons (Fsp3) is 0.444. The van der Waals surface area contributed by atoms with Gasteiger partial charge < -0.3 is 34.3 Å². The van der Waals surface area contributed by atoms with E-state index in [0.717, 1.165) is 5.56 Å². The number of alkyl carbamates (subject to hydrolysis) is 1. The number of aromatic nitrogens is 4. The summed E-state index contributed by atoms with van der Waals surface area (Å²) in [6.45, 7) is 6.63. The van der Waals surface area contributed by atoms with Crippen molar-refractivity contribution in [3.63, 3.8) is 0 Å². The van der Waals surface area contributed by atoms with E-state index < -0.39 is 29.5 Å². The summed E-state index contributed by atoms with van der Waals surface area (Å²) in [6.07, 6.45) is 2.06. The number of anilines is 1. The lowest BCUT2D eigenvalue weighted by Crippen LogP contribution is -2.43. The number of rotatable bonds is 13. The van der Waals surface area contributed by atoms with Gasteiger partial charge in [-0.1, -0.05) is 30.3 Å². The van der Waals surface area contributed by atoms with E-state index in [-0.39, 0.29) is 45.9 Å². The van der Waals surface area contributed by atoms with Gasteiger partial charge in [0.2, 0.25) is 5.91 Å². The molecule has 0 aliphatic heterocycles. The summed E-state index contributed by atoms with van der Waals surface area (Å²) < 4.78 is 17.0. The topological polar surface area (TPSA) is 167 Å². The van der Waals surface area contributed by atoms with Crippen LogP contribution in [-0.4, -0.2) is 86.7 Å². The van der Waals surface area contributed by atoms with Crippen LogP contribution in [0.1, 0.15) is 33.3 Å². The molecule has 41 heavy (non-hydrogen) atoms. The summed E-state index contributed by atoms with van der Waals surface area (Å²) in [4.78, 5) is 63.5. The van der Waals surface area contributed by atoms with Gasteiger partial charge in [-0.2, -0.15) is 0 Å². The molecule has 0 fully saturated rings. The second-order valence-electron chi connectivity index (χ2n) is 9.82. The molecular weight excluding hydrogens is 534 g/mol. The zero-order valence-corrected chi connectivity index (χ0v) is 23.6. The van der Waals surface area contributed by atoms with Gasteiger partial charge in [0.1, 0.15) is 43.7 Å². The molecule has 0 spiro atoms. The molecule has 0 saturated carbocycles. The smallest absolute Gasteiger partial charge is 0.407 e. The van der Waals surface area contributed by atoms with Crippen LogP contribution in [0.5, 0.6) is 0 Å². The highest BCUT2D eigenvalue weighted by atomic mass is 16.6. The number of benzene rings is 1. The molecule has 0 radical (unpaired) electrons. The van der Waals surface area contributed by atoms with E-state index in [1.54, 1.807) is 27.7 Å². The average Bonchev–Trinajstić information content (AvgIpc) is 3.33. The maximum Gasteiger partial charge on any atom is 0.407 e. The third kappa shape index (κ3) is 10.1. The van der Waals surface area contributed by atoms with Gasteiger partial charge in [0.15, 0.2) is 11.5 Å². The number of amides is 2. The first kappa shape index (κ1) is 30.8. The molecule has 220 valence electrons. The van der Waals surface area contributed by atoms with Crippen molar-refractivity contribution >= 4 is 40.9 Å². The lowest BCUT2D eigenvalue weighted by molar-refractivity contribution is -0.149. The number of fused-ring (bicyclic) bond motifs is 1. The summed E-state index contributed by atoms with van der Waals surface area (Å²) in [5, 5.41) is 5.47. The first-order valence-corrected chi connectivity index (χ1v) is 13.0. The van der Waals surface area contributed by atoms with E-state index in [2.05, 4.69) is 25.6 Å². The number of hydrogen-bond acceptors (Lipinski definition) is 11. The summed E-state index contributed by atoms with van der Waals surface area (Å²) >= 11 is 0. The fourth-order valence-corrected chi connectivity index (χ4v) is 3.58. The second-order valence-corrected chi connectivity index (χ2v) is 9.82. The second kappa shape index (κ2) is 14.6. The summed E-state index contributed by atoms with van der Waals surface area (Å²) in [6, 6.07) is 9.30. The molecule has 14 heteroatoms. The van der Waals surface area contributed by atoms with Gasteiger partial charge in [0.25, 0.3) is 0 Å². The van der Waals surface area contributed by atoms with E-state index in [0.29, 0.717) is 17.0 Å². The molecule has 14 nitrogen and oxygen atoms in total. The average molecular weight is 570 g/mol.